The first-order valence-corrected chi connectivity index (χ1v) is 22.3. The van der Waals surface area contributed by atoms with E-state index >= 15 is 0 Å². The maximum atomic E-state index is 14.2. The van der Waals surface area contributed by atoms with Crippen LogP contribution in [-0.2, 0) is 32.5 Å². The Hall–Kier alpha value is -5.61. The number of fused-ring (bicyclic) bond motifs is 8. The third-order valence-corrected chi connectivity index (χ3v) is 13.7. The van der Waals surface area contributed by atoms with Crippen LogP contribution in [-0.4, -0.2) is 69.7 Å². The molecule has 4 aliphatic heterocycles. The number of hydrogen-bond donors (Lipinski definition) is 0. The van der Waals surface area contributed by atoms with E-state index in [9.17, 15) is 9.59 Å². The second-order valence-electron chi connectivity index (χ2n) is 17.2. The number of rotatable bonds is 12. The van der Waals surface area contributed by atoms with Crippen LogP contribution in [0, 0.1) is 12.8 Å². The van der Waals surface area contributed by atoms with Gasteiger partial charge in [-0.15, -0.1) is 0 Å². The highest BCUT2D eigenvalue weighted by atomic mass is 32.2. The van der Waals surface area contributed by atoms with Crippen LogP contribution in [0.3, 0.4) is 0 Å². The molecule has 9 rings (SSSR count). The number of aryl methyl sites for hydroxylation is 2. The number of ether oxygens (including phenoxy) is 3. The molecule has 0 aromatic heterocycles. The maximum Gasteiger partial charge on any atom is 0.260 e. The minimum Gasteiger partial charge on any atom is -0.493 e. The topological polar surface area (TPSA) is 74.8 Å². The second kappa shape index (κ2) is 16.4. The van der Waals surface area contributed by atoms with Gasteiger partial charge in [-0.2, -0.15) is 11.8 Å². The van der Waals surface area contributed by atoms with Crippen molar-refractivity contribution in [1.29, 1.82) is 0 Å². The molecule has 310 valence electrons. The Morgan fingerprint density at radius 1 is 0.650 bits per heavy atom. The van der Waals surface area contributed by atoms with E-state index in [0.717, 1.165) is 82.5 Å². The van der Waals surface area contributed by atoms with Crippen molar-refractivity contribution < 1.29 is 23.8 Å². The number of thioether (sulfide) groups is 1. The van der Waals surface area contributed by atoms with Crippen molar-refractivity contribution in [3.8, 4) is 17.2 Å². The molecule has 2 amide bonds. The monoisotopic (exact) mass is 822 g/mol. The summed E-state index contributed by atoms with van der Waals surface area (Å²) in [5.74, 6) is 4.70. The first kappa shape index (κ1) is 39.8. The molecule has 10 heteroatoms. The van der Waals surface area contributed by atoms with Crippen molar-refractivity contribution >= 4 is 46.3 Å². The zero-order valence-electron chi connectivity index (χ0n) is 35.5. The third kappa shape index (κ3) is 7.55. The average Bonchev–Trinajstić information content (AvgIpc) is 3.74. The Labute approximate surface area is 358 Å². The van der Waals surface area contributed by atoms with Gasteiger partial charge in [0.15, 0.2) is 11.5 Å². The van der Waals surface area contributed by atoms with Crippen molar-refractivity contribution in [3.05, 3.63) is 136 Å². The molecular weight excluding hydrogens is 769 g/mol. The van der Waals surface area contributed by atoms with E-state index in [1.807, 2.05) is 84.1 Å². The highest BCUT2D eigenvalue weighted by molar-refractivity contribution is 7.99. The molecule has 0 bridgehead atoms. The van der Waals surface area contributed by atoms with Gasteiger partial charge >= 0.3 is 0 Å². The summed E-state index contributed by atoms with van der Waals surface area (Å²) in [7, 11) is 5.74. The summed E-state index contributed by atoms with van der Waals surface area (Å²) >= 11 is 1.98. The van der Waals surface area contributed by atoms with Crippen molar-refractivity contribution in [2.24, 2.45) is 5.92 Å². The molecule has 5 aromatic rings. The van der Waals surface area contributed by atoms with Crippen molar-refractivity contribution in [3.63, 3.8) is 0 Å². The van der Waals surface area contributed by atoms with Crippen LogP contribution < -0.4 is 33.8 Å². The number of carbonyl (C=O) groups excluding carboxylic acids is 2. The van der Waals surface area contributed by atoms with E-state index < -0.39 is 0 Å². The number of amides is 2. The van der Waals surface area contributed by atoms with Gasteiger partial charge in [-0.3, -0.25) is 9.59 Å². The molecule has 0 saturated heterocycles. The van der Waals surface area contributed by atoms with Crippen molar-refractivity contribution in [2.75, 3.05) is 65.4 Å². The van der Waals surface area contributed by atoms with Gasteiger partial charge in [0.25, 0.3) is 11.8 Å². The van der Waals surface area contributed by atoms with Crippen molar-refractivity contribution in [1.82, 2.24) is 0 Å². The van der Waals surface area contributed by atoms with Crippen LogP contribution in [0.2, 0.25) is 0 Å². The summed E-state index contributed by atoms with van der Waals surface area (Å²) in [6, 6.07) is 31.1. The normalized spacial score (nSPS) is 17.7. The van der Waals surface area contributed by atoms with Gasteiger partial charge < -0.3 is 33.8 Å². The lowest BCUT2D eigenvalue weighted by Crippen LogP contribution is -2.41. The smallest absolute Gasteiger partial charge is 0.260 e. The molecule has 0 radical (unpaired) electrons. The van der Waals surface area contributed by atoms with E-state index in [0.29, 0.717) is 48.3 Å². The Morgan fingerprint density at radius 3 is 1.73 bits per heavy atom. The lowest BCUT2D eigenvalue weighted by atomic mass is 10.0. The Bertz CT molecular complexity index is 2470. The number of benzene rings is 5. The van der Waals surface area contributed by atoms with Gasteiger partial charge in [0.2, 0.25) is 0 Å². The fourth-order valence-electron chi connectivity index (χ4n) is 9.46. The van der Waals surface area contributed by atoms with E-state index in [2.05, 4.69) is 73.2 Å². The second-order valence-corrected chi connectivity index (χ2v) is 18.3. The summed E-state index contributed by atoms with van der Waals surface area (Å²) in [6.07, 6.45) is 2.61. The SMILES string of the molecule is COc1cc2c(cc1OCc1cc(CCSCC(C)C)cc(COc3cc4c(cc3C)C(=O)N3c5ccccc5C[C@H]3CN4C)c1)N(C)C[C@@H]1Cc3ccccc3N1C2=O. The molecule has 4 heterocycles. The molecule has 0 saturated carbocycles. The number of carbonyl (C=O) groups is 2. The van der Waals surface area contributed by atoms with Crippen LogP contribution in [0.5, 0.6) is 17.2 Å². The highest BCUT2D eigenvalue weighted by Crippen LogP contribution is 2.43. The number of anilines is 4. The molecule has 2 atom stereocenters. The van der Waals surface area contributed by atoms with Gasteiger partial charge in [-0.1, -0.05) is 62.4 Å². The predicted molar refractivity (Wildman–Crippen MR) is 243 cm³/mol. The Kier molecular flexibility index (Phi) is 10.9. The van der Waals surface area contributed by atoms with Crippen LogP contribution in [0.1, 0.15) is 67.9 Å². The van der Waals surface area contributed by atoms with Crippen LogP contribution in [0.25, 0.3) is 0 Å². The lowest BCUT2D eigenvalue weighted by molar-refractivity contribution is 0.0975. The molecule has 60 heavy (non-hydrogen) atoms. The van der Waals surface area contributed by atoms with Gasteiger partial charge in [0.05, 0.1) is 41.7 Å². The van der Waals surface area contributed by atoms with Crippen LogP contribution >= 0.6 is 11.8 Å². The highest BCUT2D eigenvalue weighted by Gasteiger charge is 2.40. The summed E-state index contributed by atoms with van der Waals surface area (Å²) in [5.41, 5.74) is 11.7. The number of nitrogens with zero attached hydrogens (tertiary/aromatic N) is 4. The molecule has 0 N–H and O–H groups in total. The molecule has 5 aromatic carbocycles. The number of hydrogen-bond acceptors (Lipinski definition) is 8. The summed E-state index contributed by atoms with van der Waals surface area (Å²) in [4.78, 5) is 36.6. The number of para-hydroxylation sites is 2. The third-order valence-electron chi connectivity index (χ3n) is 12.3. The maximum absolute atomic E-state index is 14.2. The molecule has 0 unspecified atom stereocenters. The van der Waals surface area contributed by atoms with Gasteiger partial charge in [0.1, 0.15) is 19.0 Å². The predicted octanol–water partition coefficient (Wildman–Crippen LogP) is 9.14. The van der Waals surface area contributed by atoms with Gasteiger partial charge in [0, 0.05) is 50.7 Å². The lowest BCUT2D eigenvalue weighted by Gasteiger charge is -2.25. The standard InChI is InChI=1S/C50H54N4O5S/c1-31(2)30-60-16-15-33-18-34(28-58-46-24-44-40(17-32(46)3)49(55)53-38(26-51(44)4)21-36-11-7-9-13-42(36)53)20-35(19-33)29-59-48-25-45-41(23-47(48)57-6)50(56)54-39(27-52(45)5)22-37-12-8-10-14-43(37)54/h7-14,17-20,23-25,31,38-39H,15-16,21-22,26-30H2,1-6H3/t38-,39-/m0/s1. The largest absolute Gasteiger partial charge is 0.493 e. The van der Waals surface area contributed by atoms with Crippen LogP contribution in [0.15, 0.2) is 91.0 Å². The summed E-state index contributed by atoms with van der Waals surface area (Å²) < 4.78 is 19.1. The molecule has 0 spiro atoms. The minimum absolute atomic E-state index is 0.0177. The molecular formula is C50H54N4O5S. The number of methoxy groups -OCH3 is 1. The van der Waals surface area contributed by atoms with E-state index in [1.54, 1.807) is 7.11 Å². The minimum atomic E-state index is -0.0177. The van der Waals surface area contributed by atoms with E-state index in [4.69, 9.17) is 14.2 Å². The average molecular weight is 823 g/mol. The zero-order chi connectivity index (χ0) is 41.7. The molecule has 4 aliphatic rings. The summed E-state index contributed by atoms with van der Waals surface area (Å²) in [5, 5.41) is 0. The van der Waals surface area contributed by atoms with Crippen molar-refractivity contribution in [2.45, 2.75) is 65.3 Å². The fraction of sp³-hybridized carbons (Fsp3) is 0.360. The zero-order valence-corrected chi connectivity index (χ0v) is 36.3. The molecule has 9 nitrogen and oxygen atoms in total. The summed E-state index contributed by atoms with van der Waals surface area (Å²) in [6.45, 7) is 8.68. The Balaban J connectivity index is 0.958. The van der Waals surface area contributed by atoms with Crippen LogP contribution in [0.4, 0.5) is 22.7 Å². The first-order chi connectivity index (χ1) is 29.1. The van der Waals surface area contributed by atoms with Gasteiger partial charge in [-0.25, -0.2) is 0 Å². The van der Waals surface area contributed by atoms with E-state index in [-0.39, 0.29) is 23.9 Å². The first-order valence-electron chi connectivity index (χ1n) is 21.1. The van der Waals surface area contributed by atoms with E-state index in [1.165, 1.54) is 16.7 Å². The molecule has 0 aliphatic carbocycles. The quantitative estimate of drug-likeness (QED) is 0.116. The Morgan fingerprint density at radius 2 is 1.17 bits per heavy atom. The molecule has 0 fully saturated rings. The van der Waals surface area contributed by atoms with Gasteiger partial charge in [-0.05, 0) is 107 Å². The number of likely N-dealkylation sites (N-methyl/N-ethyl adjacent to an activating group) is 2. The fourth-order valence-corrected chi connectivity index (χ4v) is 10.5.